The zero-order valence-corrected chi connectivity index (χ0v) is 15.8. The summed E-state index contributed by atoms with van der Waals surface area (Å²) < 4.78 is 1.57. The van der Waals surface area contributed by atoms with Crippen LogP contribution in [0, 0.1) is 12.3 Å². The van der Waals surface area contributed by atoms with Crippen LogP contribution < -0.4 is 11.5 Å². The van der Waals surface area contributed by atoms with Gasteiger partial charge < -0.3 is 16.9 Å². The summed E-state index contributed by atoms with van der Waals surface area (Å²) in [7, 11) is 0. The lowest BCUT2D eigenvalue weighted by atomic mass is 9.72. The Balaban J connectivity index is 1.53. The van der Waals surface area contributed by atoms with Gasteiger partial charge in [0.05, 0.1) is 5.69 Å². The minimum absolute atomic E-state index is 0.255. The summed E-state index contributed by atoms with van der Waals surface area (Å²) in [6.45, 7) is 5.84. The van der Waals surface area contributed by atoms with Crippen molar-refractivity contribution in [3.63, 3.8) is 0 Å². The van der Waals surface area contributed by atoms with E-state index in [9.17, 15) is 0 Å². The van der Waals surface area contributed by atoms with Gasteiger partial charge in [0.15, 0.2) is 11.5 Å². The average molecular weight is 364 g/mol. The number of nitrogens with one attached hydrogen (secondary N) is 1. The van der Waals surface area contributed by atoms with Gasteiger partial charge in [-0.3, -0.25) is 4.98 Å². The van der Waals surface area contributed by atoms with Crippen molar-refractivity contribution in [2.75, 3.05) is 5.73 Å². The van der Waals surface area contributed by atoms with Gasteiger partial charge in [-0.05, 0) is 45.2 Å². The van der Waals surface area contributed by atoms with Crippen molar-refractivity contribution >= 4 is 17.8 Å². The summed E-state index contributed by atoms with van der Waals surface area (Å²) in [5, 5.41) is 12.0. The third kappa shape index (κ3) is 2.95. The summed E-state index contributed by atoms with van der Waals surface area (Å²) in [5.41, 5.74) is 15.8. The van der Waals surface area contributed by atoms with E-state index in [1.165, 1.54) is 6.21 Å². The highest BCUT2D eigenvalue weighted by Gasteiger charge is 2.35. The Hall–Kier alpha value is -2.87. The van der Waals surface area contributed by atoms with Gasteiger partial charge >= 0.3 is 0 Å². The fraction of sp³-hybridized carbons (Fsp3) is 0.421. The maximum atomic E-state index is 7.46. The maximum absolute atomic E-state index is 7.46. The second-order valence-electron chi connectivity index (χ2n) is 7.89. The molecule has 1 fully saturated rings. The van der Waals surface area contributed by atoms with Crippen molar-refractivity contribution in [1.29, 1.82) is 5.41 Å². The lowest BCUT2D eigenvalue weighted by Crippen LogP contribution is -2.29. The second-order valence-corrected chi connectivity index (χ2v) is 7.89. The molecule has 1 aliphatic rings. The van der Waals surface area contributed by atoms with Crippen molar-refractivity contribution in [3.05, 3.63) is 46.7 Å². The number of hydrogen-bond acceptors (Lipinski definition) is 7. The summed E-state index contributed by atoms with van der Waals surface area (Å²) in [6, 6.07) is 4.14. The van der Waals surface area contributed by atoms with E-state index in [4.69, 9.17) is 16.9 Å². The predicted molar refractivity (Wildman–Crippen MR) is 104 cm³/mol. The van der Waals surface area contributed by atoms with Crippen LogP contribution in [0.15, 0.2) is 18.3 Å². The fourth-order valence-electron chi connectivity index (χ4n) is 3.51. The molecule has 140 valence electrons. The molecule has 0 aromatic carbocycles. The van der Waals surface area contributed by atoms with Crippen LogP contribution >= 0.6 is 0 Å². The Morgan fingerprint density at radius 2 is 1.96 bits per heavy atom. The van der Waals surface area contributed by atoms with Gasteiger partial charge in [0.25, 0.3) is 0 Å². The number of anilines is 1. The summed E-state index contributed by atoms with van der Waals surface area (Å²) >= 11 is 0. The maximum Gasteiger partial charge on any atom is 0.223 e. The quantitative estimate of drug-likeness (QED) is 0.608. The molecular weight excluding hydrogens is 340 g/mol. The van der Waals surface area contributed by atoms with E-state index < -0.39 is 0 Å². The van der Waals surface area contributed by atoms with E-state index >= 15 is 0 Å². The molecule has 0 bridgehead atoms. The Labute approximate surface area is 157 Å². The van der Waals surface area contributed by atoms with Crippen LogP contribution in [0.4, 0.5) is 5.95 Å². The van der Waals surface area contributed by atoms with E-state index in [1.54, 1.807) is 4.52 Å². The molecule has 0 saturated heterocycles. The summed E-state index contributed by atoms with van der Waals surface area (Å²) in [4.78, 5) is 13.5. The van der Waals surface area contributed by atoms with Crippen LogP contribution in [0.3, 0.4) is 0 Å². The van der Waals surface area contributed by atoms with Gasteiger partial charge in [-0.25, -0.2) is 9.97 Å². The number of hydrogen-bond donors (Lipinski definition) is 3. The van der Waals surface area contributed by atoms with Crippen molar-refractivity contribution in [1.82, 2.24) is 24.6 Å². The topological polar surface area (TPSA) is 132 Å². The van der Waals surface area contributed by atoms with Crippen LogP contribution in [0.5, 0.6) is 0 Å². The molecule has 8 nitrogen and oxygen atoms in total. The Bertz CT molecular complexity index is 1010. The number of aromatic nitrogens is 5. The van der Waals surface area contributed by atoms with Gasteiger partial charge in [-0.1, -0.05) is 6.07 Å². The molecule has 0 spiro atoms. The molecule has 27 heavy (non-hydrogen) atoms. The second kappa shape index (κ2) is 6.09. The molecule has 3 aromatic rings. The Morgan fingerprint density at radius 1 is 1.22 bits per heavy atom. The molecule has 3 heterocycles. The van der Waals surface area contributed by atoms with Crippen LogP contribution in [0.25, 0.3) is 5.65 Å². The fourth-order valence-corrected chi connectivity index (χ4v) is 3.51. The van der Waals surface area contributed by atoms with E-state index in [1.807, 2.05) is 27.0 Å². The number of nitrogens with zero attached hydrogens (tertiary/aromatic N) is 5. The van der Waals surface area contributed by atoms with Gasteiger partial charge in [0.2, 0.25) is 5.95 Å². The van der Waals surface area contributed by atoms with Crippen molar-refractivity contribution in [3.8, 4) is 0 Å². The van der Waals surface area contributed by atoms with Crippen LogP contribution in [-0.2, 0) is 5.54 Å². The molecule has 3 aromatic heterocycles. The first-order chi connectivity index (χ1) is 12.8. The molecule has 1 aliphatic carbocycles. The van der Waals surface area contributed by atoms with Crippen LogP contribution in [0.1, 0.15) is 66.9 Å². The third-order valence-corrected chi connectivity index (χ3v) is 5.38. The minimum Gasteiger partial charge on any atom is -0.368 e. The SMILES string of the molecule is Cc1c(C=N)nc(N)n2nc([C@H]3C[C@H](c4ccc(C(C)(C)N)cn4)C3)nc12. The monoisotopic (exact) mass is 364 g/mol. The largest absolute Gasteiger partial charge is 0.368 e. The molecule has 8 heteroatoms. The zero-order chi connectivity index (χ0) is 19.3. The summed E-state index contributed by atoms with van der Waals surface area (Å²) in [6.07, 6.45) is 4.98. The van der Waals surface area contributed by atoms with Gasteiger partial charge in [-0.15, -0.1) is 5.10 Å². The number of nitrogen functional groups attached to an aromatic ring is 1. The number of aryl methyl sites for hydroxylation is 1. The van der Waals surface area contributed by atoms with E-state index in [0.29, 0.717) is 17.3 Å². The third-order valence-electron chi connectivity index (χ3n) is 5.38. The lowest BCUT2D eigenvalue weighted by molar-refractivity contribution is 0.332. The Kier molecular flexibility index (Phi) is 3.96. The van der Waals surface area contributed by atoms with Crippen molar-refractivity contribution < 1.29 is 0 Å². The van der Waals surface area contributed by atoms with Crippen molar-refractivity contribution in [2.24, 2.45) is 5.73 Å². The molecular formula is C19H24N8. The van der Waals surface area contributed by atoms with Crippen molar-refractivity contribution in [2.45, 2.75) is 51.0 Å². The highest BCUT2D eigenvalue weighted by Crippen LogP contribution is 2.46. The normalized spacial score (nSPS) is 19.9. The Morgan fingerprint density at radius 3 is 2.56 bits per heavy atom. The standard InChI is InChI=1S/C19H24N8/c1-10-15(8-20)24-18(21)27-17(10)25-16(26-27)12-6-11(7-12)14-5-4-13(9-23-14)19(2,3)22/h4-5,8-9,11-12,20H,6-7,22H2,1-3H3,(H2,21,24)/t11-,12-. The zero-order valence-electron chi connectivity index (χ0n) is 15.8. The molecule has 0 radical (unpaired) electrons. The number of pyridine rings is 1. The number of fused-ring (bicyclic) bond motifs is 1. The molecule has 0 atom stereocenters. The first-order valence-electron chi connectivity index (χ1n) is 9.06. The summed E-state index contributed by atoms with van der Waals surface area (Å²) in [5.74, 6) is 1.73. The molecule has 0 unspecified atom stereocenters. The molecule has 5 N–H and O–H groups in total. The van der Waals surface area contributed by atoms with E-state index in [2.05, 4.69) is 32.2 Å². The average Bonchev–Trinajstić information content (AvgIpc) is 3.02. The molecule has 0 amide bonds. The highest BCUT2D eigenvalue weighted by molar-refractivity contribution is 5.80. The number of rotatable bonds is 4. The smallest absolute Gasteiger partial charge is 0.223 e. The highest BCUT2D eigenvalue weighted by atomic mass is 15.4. The molecule has 4 rings (SSSR count). The van der Waals surface area contributed by atoms with E-state index in [0.717, 1.165) is 35.5 Å². The first kappa shape index (κ1) is 17.5. The molecule has 0 aliphatic heterocycles. The van der Waals surface area contributed by atoms with E-state index in [-0.39, 0.29) is 17.4 Å². The molecule has 1 saturated carbocycles. The van der Waals surface area contributed by atoms with Crippen LogP contribution in [0.2, 0.25) is 0 Å². The minimum atomic E-state index is -0.380. The lowest BCUT2D eigenvalue weighted by Gasteiger charge is -2.33. The van der Waals surface area contributed by atoms with Crippen LogP contribution in [-0.4, -0.2) is 30.8 Å². The van der Waals surface area contributed by atoms with Gasteiger partial charge in [-0.2, -0.15) is 4.52 Å². The predicted octanol–water partition coefficient (Wildman–Crippen LogP) is 2.26. The first-order valence-corrected chi connectivity index (χ1v) is 9.06. The number of nitrogens with two attached hydrogens (primary N) is 2. The van der Waals surface area contributed by atoms with Gasteiger partial charge in [0.1, 0.15) is 0 Å². The van der Waals surface area contributed by atoms with Gasteiger partial charge in [0, 0.05) is 41.0 Å².